The summed E-state index contributed by atoms with van der Waals surface area (Å²) in [5, 5.41) is 15.2. The quantitative estimate of drug-likeness (QED) is 0.891. The molecule has 0 bridgehead atoms. The number of nitrogens with zero attached hydrogens (tertiary/aromatic N) is 3. The van der Waals surface area contributed by atoms with Crippen molar-refractivity contribution in [1.82, 2.24) is 14.7 Å². The molecule has 1 N–H and O–H groups in total. The van der Waals surface area contributed by atoms with Crippen LogP contribution in [0, 0.1) is 0 Å². The van der Waals surface area contributed by atoms with Gasteiger partial charge in [0, 0.05) is 25.5 Å². The molecule has 0 aliphatic heterocycles. The number of hydrogen-bond donors (Lipinski definition) is 1. The van der Waals surface area contributed by atoms with Crippen molar-refractivity contribution in [3.8, 4) is 0 Å². The molecular weight excluding hydrogens is 297 g/mol. The Morgan fingerprint density at radius 2 is 2.15 bits per heavy atom. The number of halogens is 2. The Balaban J connectivity index is 1.88. The minimum absolute atomic E-state index is 0.473. The molecule has 0 fully saturated rings. The van der Waals surface area contributed by atoms with Crippen LogP contribution in [-0.4, -0.2) is 39.5 Å². The van der Waals surface area contributed by atoms with Crippen LogP contribution in [0.1, 0.15) is 5.56 Å². The molecular formula is C14H17Cl2N3O. The zero-order chi connectivity index (χ0) is 14.5. The fourth-order valence-corrected chi connectivity index (χ4v) is 2.45. The fraction of sp³-hybridized carbons (Fsp3) is 0.357. The Morgan fingerprint density at radius 3 is 2.85 bits per heavy atom. The van der Waals surface area contributed by atoms with Gasteiger partial charge in [-0.15, -0.1) is 0 Å². The highest BCUT2D eigenvalue weighted by atomic mass is 35.5. The SMILES string of the molecule is CN(Cc1cccc(Cl)c1Cl)C[C@@H](O)Cn1cccn1. The smallest absolute Gasteiger partial charge is 0.0862 e. The van der Waals surface area contributed by atoms with Gasteiger partial charge in [-0.1, -0.05) is 35.3 Å². The molecule has 0 saturated heterocycles. The highest BCUT2D eigenvalue weighted by molar-refractivity contribution is 6.42. The van der Waals surface area contributed by atoms with Crippen molar-refractivity contribution in [2.45, 2.75) is 19.2 Å². The van der Waals surface area contributed by atoms with E-state index in [1.54, 1.807) is 16.9 Å². The molecule has 1 atom stereocenters. The average molecular weight is 314 g/mol. The van der Waals surface area contributed by atoms with E-state index in [4.69, 9.17) is 23.2 Å². The summed E-state index contributed by atoms with van der Waals surface area (Å²) >= 11 is 12.1. The van der Waals surface area contributed by atoms with Gasteiger partial charge in [0.25, 0.3) is 0 Å². The van der Waals surface area contributed by atoms with Crippen molar-refractivity contribution in [2.24, 2.45) is 0 Å². The number of benzene rings is 1. The zero-order valence-corrected chi connectivity index (χ0v) is 12.7. The molecule has 0 radical (unpaired) electrons. The molecule has 0 aliphatic carbocycles. The van der Waals surface area contributed by atoms with Crippen LogP contribution in [0.2, 0.25) is 10.0 Å². The number of rotatable bonds is 6. The standard InChI is InChI=1S/C14H17Cl2N3O/c1-18(8-11-4-2-5-13(15)14(11)16)9-12(20)10-19-7-3-6-17-19/h2-7,12,20H,8-10H2,1H3/t12-/m1/s1. The number of aliphatic hydroxyl groups is 1. The minimum atomic E-state index is -0.488. The van der Waals surface area contributed by atoms with Crippen molar-refractivity contribution in [3.63, 3.8) is 0 Å². The molecule has 4 nitrogen and oxygen atoms in total. The first-order chi connectivity index (χ1) is 9.56. The van der Waals surface area contributed by atoms with Crippen LogP contribution in [0.25, 0.3) is 0 Å². The van der Waals surface area contributed by atoms with E-state index >= 15 is 0 Å². The van der Waals surface area contributed by atoms with Crippen LogP contribution in [-0.2, 0) is 13.1 Å². The van der Waals surface area contributed by atoms with Gasteiger partial charge in [0.05, 0.1) is 22.7 Å². The van der Waals surface area contributed by atoms with Gasteiger partial charge in [0.2, 0.25) is 0 Å². The van der Waals surface area contributed by atoms with Gasteiger partial charge >= 0.3 is 0 Å². The Kier molecular flexibility index (Phi) is 5.43. The Hall–Kier alpha value is -1.07. The van der Waals surface area contributed by atoms with E-state index in [0.717, 1.165) is 5.56 Å². The average Bonchev–Trinajstić information content (AvgIpc) is 2.87. The lowest BCUT2D eigenvalue weighted by Crippen LogP contribution is -2.32. The summed E-state index contributed by atoms with van der Waals surface area (Å²) in [4.78, 5) is 2.01. The van der Waals surface area contributed by atoms with E-state index in [0.29, 0.717) is 29.7 Å². The first-order valence-corrected chi connectivity index (χ1v) is 7.09. The van der Waals surface area contributed by atoms with E-state index in [2.05, 4.69) is 5.10 Å². The summed E-state index contributed by atoms with van der Waals surface area (Å²) in [7, 11) is 1.93. The number of likely N-dealkylation sites (N-methyl/N-ethyl adjacent to an activating group) is 1. The molecule has 2 rings (SSSR count). The largest absolute Gasteiger partial charge is 0.390 e. The normalized spacial score (nSPS) is 12.8. The van der Waals surface area contributed by atoms with Gasteiger partial charge in [-0.3, -0.25) is 9.58 Å². The Labute approximate surface area is 128 Å². The van der Waals surface area contributed by atoms with Crippen LogP contribution in [0.4, 0.5) is 0 Å². The van der Waals surface area contributed by atoms with Crippen molar-refractivity contribution >= 4 is 23.2 Å². The predicted octanol–water partition coefficient (Wildman–Crippen LogP) is 2.68. The first kappa shape index (κ1) is 15.3. The molecule has 1 aromatic carbocycles. The molecule has 2 aromatic rings. The monoisotopic (exact) mass is 313 g/mol. The minimum Gasteiger partial charge on any atom is -0.390 e. The Morgan fingerprint density at radius 1 is 1.35 bits per heavy atom. The maximum Gasteiger partial charge on any atom is 0.0862 e. The van der Waals surface area contributed by atoms with Crippen LogP contribution in [0.3, 0.4) is 0 Å². The van der Waals surface area contributed by atoms with Gasteiger partial charge < -0.3 is 5.11 Å². The molecule has 108 valence electrons. The molecule has 0 amide bonds. The second-order valence-electron chi connectivity index (χ2n) is 4.79. The van der Waals surface area contributed by atoms with Crippen LogP contribution < -0.4 is 0 Å². The number of hydrogen-bond acceptors (Lipinski definition) is 3. The third kappa shape index (κ3) is 4.21. The Bertz CT molecular complexity index is 545. The van der Waals surface area contributed by atoms with Crippen LogP contribution >= 0.6 is 23.2 Å². The van der Waals surface area contributed by atoms with Gasteiger partial charge in [-0.25, -0.2) is 0 Å². The molecule has 6 heteroatoms. The lowest BCUT2D eigenvalue weighted by Gasteiger charge is -2.21. The highest BCUT2D eigenvalue weighted by Gasteiger charge is 2.12. The van der Waals surface area contributed by atoms with Crippen molar-refractivity contribution < 1.29 is 5.11 Å². The third-order valence-electron chi connectivity index (χ3n) is 2.95. The van der Waals surface area contributed by atoms with Crippen molar-refractivity contribution in [3.05, 3.63) is 52.3 Å². The molecule has 1 heterocycles. The highest BCUT2D eigenvalue weighted by Crippen LogP contribution is 2.26. The van der Waals surface area contributed by atoms with E-state index < -0.39 is 6.10 Å². The van der Waals surface area contributed by atoms with E-state index in [9.17, 15) is 5.11 Å². The van der Waals surface area contributed by atoms with Gasteiger partial charge in [0.15, 0.2) is 0 Å². The fourth-order valence-electron chi connectivity index (χ4n) is 2.07. The predicted molar refractivity (Wildman–Crippen MR) is 81.0 cm³/mol. The number of aromatic nitrogens is 2. The summed E-state index contributed by atoms with van der Waals surface area (Å²) in [5.74, 6) is 0. The van der Waals surface area contributed by atoms with Gasteiger partial charge in [-0.05, 0) is 24.7 Å². The topological polar surface area (TPSA) is 41.3 Å². The second kappa shape index (κ2) is 7.09. The van der Waals surface area contributed by atoms with Gasteiger partial charge in [-0.2, -0.15) is 5.10 Å². The first-order valence-electron chi connectivity index (χ1n) is 6.33. The molecule has 1 aromatic heterocycles. The maximum atomic E-state index is 10.0. The van der Waals surface area contributed by atoms with Crippen molar-refractivity contribution in [2.75, 3.05) is 13.6 Å². The van der Waals surface area contributed by atoms with Crippen LogP contribution in [0.5, 0.6) is 0 Å². The van der Waals surface area contributed by atoms with E-state index in [-0.39, 0.29) is 0 Å². The molecule has 0 saturated carbocycles. The lowest BCUT2D eigenvalue weighted by atomic mass is 10.2. The second-order valence-corrected chi connectivity index (χ2v) is 5.58. The van der Waals surface area contributed by atoms with E-state index in [1.165, 1.54) is 0 Å². The summed E-state index contributed by atoms with van der Waals surface area (Å²) in [6.07, 6.45) is 3.04. The van der Waals surface area contributed by atoms with Gasteiger partial charge in [0.1, 0.15) is 0 Å². The van der Waals surface area contributed by atoms with Crippen molar-refractivity contribution in [1.29, 1.82) is 0 Å². The lowest BCUT2D eigenvalue weighted by molar-refractivity contribution is 0.104. The van der Waals surface area contributed by atoms with Crippen LogP contribution in [0.15, 0.2) is 36.7 Å². The summed E-state index contributed by atoms with van der Waals surface area (Å²) in [6, 6.07) is 7.41. The molecule has 0 aliphatic rings. The summed E-state index contributed by atoms with van der Waals surface area (Å²) in [6.45, 7) is 1.64. The maximum absolute atomic E-state index is 10.0. The number of aliphatic hydroxyl groups excluding tert-OH is 1. The molecule has 0 unspecified atom stereocenters. The molecule has 20 heavy (non-hydrogen) atoms. The van der Waals surface area contributed by atoms with E-state index in [1.807, 2.05) is 36.3 Å². The molecule has 0 spiro atoms. The summed E-state index contributed by atoms with van der Waals surface area (Å²) in [5.41, 5.74) is 0.952. The zero-order valence-electron chi connectivity index (χ0n) is 11.2. The summed E-state index contributed by atoms with van der Waals surface area (Å²) < 4.78 is 1.71. The third-order valence-corrected chi connectivity index (χ3v) is 3.81.